The zero-order chi connectivity index (χ0) is 8.15. The van der Waals surface area contributed by atoms with Crippen LogP contribution < -0.4 is 5.73 Å². The van der Waals surface area contributed by atoms with Crippen molar-refractivity contribution in [1.82, 2.24) is 4.90 Å². The molecule has 0 radical (unpaired) electrons. The van der Waals surface area contributed by atoms with Gasteiger partial charge in [-0.1, -0.05) is 0 Å². The van der Waals surface area contributed by atoms with Crippen LogP contribution in [0.3, 0.4) is 0 Å². The van der Waals surface area contributed by atoms with Gasteiger partial charge in [-0.15, -0.1) is 0 Å². The molecule has 0 heterocycles. The fourth-order valence-electron chi connectivity index (χ4n) is 0.440. The number of hydrogen-bond acceptors (Lipinski definition) is 3. The van der Waals surface area contributed by atoms with Gasteiger partial charge >= 0.3 is 11.8 Å². The molecule has 0 bridgehead atoms. The van der Waals surface area contributed by atoms with E-state index in [4.69, 9.17) is 5.11 Å². The van der Waals surface area contributed by atoms with E-state index in [-0.39, 0.29) is 13.2 Å². The molecule has 0 aromatic carbocycles. The Labute approximate surface area is 58.4 Å². The molecule has 5 nitrogen and oxygen atoms in total. The first-order valence-corrected chi connectivity index (χ1v) is 2.75. The van der Waals surface area contributed by atoms with Crippen molar-refractivity contribution in [2.24, 2.45) is 5.73 Å². The largest absolute Gasteiger partial charge is 0.395 e. The summed E-state index contributed by atoms with van der Waals surface area (Å²) in [6.45, 7) is -0.0444. The van der Waals surface area contributed by atoms with Gasteiger partial charge in [0.15, 0.2) is 0 Å². The molecule has 0 unspecified atom stereocenters. The summed E-state index contributed by atoms with van der Waals surface area (Å²) in [7, 11) is 1.39. The van der Waals surface area contributed by atoms with Crippen molar-refractivity contribution in [2.45, 2.75) is 0 Å². The number of rotatable bonds is 2. The number of primary amides is 1. The molecule has 5 heteroatoms. The van der Waals surface area contributed by atoms with Crippen molar-refractivity contribution in [3.05, 3.63) is 0 Å². The van der Waals surface area contributed by atoms with E-state index in [2.05, 4.69) is 5.73 Å². The lowest BCUT2D eigenvalue weighted by Crippen LogP contribution is -2.39. The first-order chi connectivity index (χ1) is 4.59. The number of nitrogens with two attached hydrogens (primary N) is 1. The Morgan fingerprint density at radius 2 is 2.10 bits per heavy atom. The van der Waals surface area contributed by atoms with E-state index >= 15 is 0 Å². The molecule has 0 spiro atoms. The van der Waals surface area contributed by atoms with Crippen LogP contribution >= 0.6 is 0 Å². The van der Waals surface area contributed by atoms with Crippen LogP contribution in [0.25, 0.3) is 0 Å². The quantitative estimate of drug-likeness (QED) is 0.439. The third-order valence-electron chi connectivity index (χ3n) is 0.993. The molecule has 0 fully saturated rings. The summed E-state index contributed by atoms with van der Waals surface area (Å²) in [5.41, 5.74) is 4.66. The van der Waals surface area contributed by atoms with Crippen molar-refractivity contribution in [2.75, 3.05) is 20.2 Å². The van der Waals surface area contributed by atoms with Gasteiger partial charge in [0.25, 0.3) is 0 Å². The Morgan fingerprint density at radius 3 is 2.40 bits per heavy atom. The second-order valence-corrected chi connectivity index (χ2v) is 1.81. The van der Waals surface area contributed by atoms with E-state index in [0.29, 0.717) is 0 Å². The van der Waals surface area contributed by atoms with Crippen LogP contribution in [0.2, 0.25) is 0 Å². The topological polar surface area (TPSA) is 83.6 Å². The standard InChI is InChI=1S/C5H10N2O3/c1-7(2-3-8)5(10)4(6)9/h8H,2-3H2,1H3,(H2,6,9). The number of amides is 2. The molecule has 0 atom stereocenters. The Bertz CT molecular complexity index is 146. The third kappa shape index (κ3) is 2.45. The van der Waals surface area contributed by atoms with Gasteiger partial charge in [-0.3, -0.25) is 9.59 Å². The van der Waals surface area contributed by atoms with Gasteiger partial charge in [0.2, 0.25) is 0 Å². The Hall–Kier alpha value is -1.10. The third-order valence-corrected chi connectivity index (χ3v) is 0.993. The van der Waals surface area contributed by atoms with Crippen molar-refractivity contribution in [3.63, 3.8) is 0 Å². The highest BCUT2D eigenvalue weighted by molar-refractivity contribution is 6.34. The fraction of sp³-hybridized carbons (Fsp3) is 0.600. The Kier molecular flexibility index (Phi) is 3.42. The molecule has 2 amide bonds. The SMILES string of the molecule is CN(CCO)C(=O)C(N)=O. The van der Waals surface area contributed by atoms with Gasteiger partial charge in [-0.05, 0) is 0 Å². The van der Waals surface area contributed by atoms with Crippen LogP contribution in [0.4, 0.5) is 0 Å². The molecule has 0 aliphatic heterocycles. The zero-order valence-corrected chi connectivity index (χ0v) is 5.70. The molecule has 0 aromatic heterocycles. The van der Waals surface area contributed by atoms with Gasteiger partial charge in [0.05, 0.1) is 6.61 Å². The normalized spacial score (nSPS) is 9.00. The second-order valence-electron chi connectivity index (χ2n) is 1.81. The van der Waals surface area contributed by atoms with Gasteiger partial charge in [-0.2, -0.15) is 0 Å². The molecule has 10 heavy (non-hydrogen) atoms. The summed E-state index contributed by atoms with van der Waals surface area (Å²) in [6, 6.07) is 0. The van der Waals surface area contributed by atoms with Crippen LogP contribution in [0, 0.1) is 0 Å². The maximum absolute atomic E-state index is 10.6. The molecule has 0 aromatic rings. The van der Waals surface area contributed by atoms with Crippen LogP contribution in [0.15, 0.2) is 0 Å². The maximum atomic E-state index is 10.6. The molecule has 3 N–H and O–H groups in total. The minimum Gasteiger partial charge on any atom is -0.395 e. The van der Waals surface area contributed by atoms with E-state index in [1.807, 2.05) is 0 Å². The van der Waals surface area contributed by atoms with Crippen LogP contribution in [-0.2, 0) is 9.59 Å². The summed E-state index contributed by atoms with van der Waals surface area (Å²) in [5.74, 6) is -1.79. The van der Waals surface area contributed by atoms with Gasteiger partial charge < -0.3 is 15.7 Å². The molecule has 0 saturated heterocycles. The highest BCUT2D eigenvalue weighted by Crippen LogP contribution is 1.80. The first-order valence-electron chi connectivity index (χ1n) is 2.75. The highest BCUT2D eigenvalue weighted by atomic mass is 16.3. The van der Waals surface area contributed by atoms with Crippen LogP contribution in [0.1, 0.15) is 0 Å². The maximum Gasteiger partial charge on any atom is 0.311 e. The van der Waals surface area contributed by atoms with Crippen LogP contribution in [0.5, 0.6) is 0 Å². The molecular weight excluding hydrogens is 136 g/mol. The molecule has 0 saturated carbocycles. The summed E-state index contributed by atoms with van der Waals surface area (Å²) < 4.78 is 0. The molecule has 0 rings (SSSR count). The van der Waals surface area contributed by atoms with E-state index < -0.39 is 11.8 Å². The Morgan fingerprint density at radius 1 is 1.60 bits per heavy atom. The van der Waals surface area contributed by atoms with Gasteiger partial charge in [0, 0.05) is 13.6 Å². The predicted molar refractivity (Wildman–Crippen MR) is 33.9 cm³/mol. The summed E-state index contributed by atoms with van der Waals surface area (Å²) >= 11 is 0. The number of hydrogen-bond donors (Lipinski definition) is 2. The minimum atomic E-state index is -1.00. The van der Waals surface area contributed by atoms with Crippen molar-refractivity contribution in [3.8, 4) is 0 Å². The smallest absolute Gasteiger partial charge is 0.311 e. The van der Waals surface area contributed by atoms with Crippen molar-refractivity contribution in [1.29, 1.82) is 0 Å². The fourth-order valence-corrected chi connectivity index (χ4v) is 0.440. The summed E-state index contributed by atoms with van der Waals surface area (Å²) in [6.07, 6.45) is 0. The first kappa shape index (κ1) is 8.90. The number of aliphatic hydroxyl groups is 1. The summed E-state index contributed by atoms with van der Waals surface area (Å²) in [5, 5.41) is 8.32. The van der Waals surface area contributed by atoms with E-state index in [1.54, 1.807) is 0 Å². The van der Waals surface area contributed by atoms with Crippen LogP contribution in [-0.4, -0.2) is 42.0 Å². The number of likely N-dealkylation sites (N-methyl/N-ethyl adjacent to an activating group) is 1. The Balaban J connectivity index is 3.82. The number of nitrogens with zero attached hydrogens (tertiary/aromatic N) is 1. The van der Waals surface area contributed by atoms with Crippen molar-refractivity contribution < 1.29 is 14.7 Å². The number of carbonyl (C=O) groups excluding carboxylic acids is 2. The molecule has 58 valence electrons. The average molecular weight is 146 g/mol. The second kappa shape index (κ2) is 3.84. The van der Waals surface area contributed by atoms with E-state index in [9.17, 15) is 9.59 Å². The molecular formula is C5H10N2O3. The lowest BCUT2D eigenvalue weighted by molar-refractivity contribution is -0.143. The average Bonchev–Trinajstić information content (AvgIpc) is 1.87. The van der Waals surface area contributed by atoms with Crippen molar-refractivity contribution >= 4 is 11.8 Å². The molecule has 0 aliphatic rings. The number of carbonyl (C=O) groups is 2. The lowest BCUT2D eigenvalue weighted by atomic mass is 10.5. The predicted octanol–water partition coefficient (Wildman–Crippen LogP) is -2.08. The molecule has 0 aliphatic carbocycles. The minimum absolute atomic E-state index is 0.127. The lowest BCUT2D eigenvalue weighted by Gasteiger charge is -2.11. The zero-order valence-electron chi connectivity index (χ0n) is 5.70. The van der Waals surface area contributed by atoms with E-state index in [1.165, 1.54) is 7.05 Å². The van der Waals surface area contributed by atoms with E-state index in [0.717, 1.165) is 4.90 Å². The monoisotopic (exact) mass is 146 g/mol. The number of aliphatic hydroxyl groups excluding tert-OH is 1. The highest BCUT2D eigenvalue weighted by Gasteiger charge is 2.12. The van der Waals surface area contributed by atoms with Gasteiger partial charge in [0.1, 0.15) is 0 Å². The van der Waals surface area contributed by atoms with Gasteiger partial charge in [-0.25, -0.2) is 0 Å². The summed E-state index contributed by atoms with van der Waals surface area (Å²) in [4.78, 5) is 21.8.